The van der Waals surface area contributed by atoms with Crippen LogP contribution in [0.4, 0.5) is 45.5 Å². The molecule has 0 unspecified atom stereocenters. The first kappa shape index (κ1) is 35.4. The van der Waals surface area contributed by atoms with E-state index in [0.717, 1.165) is 38.8 Å². The molecule has 62 heavy (non-hydrogen) atoms. The molecule has 1 aromatic heterocycles. The predicted molar refractivity (Wildman–Crippen MR) is 264 cm³/mol. The van der Waals surface area contributed by atoms with E-state index in [9.17, 15) is 0 Å². The van der Waals surface area contributed by atoms with E-state index in [2.05, 4.69) is 159 Å². The van der Waals surface area contributed by atoms with Gasteiger partial charge in [0.15, 0.2) is 0 Å². The summed E-state index contributed by atoms with van der Waals surface area (Å²) in [6.07, 6.45) is 9.33. The van der Waals surface area contributed by atoms with Crippen molar-refractivity contribution in [2.75, 3.05) is 45.8 Å². The summed E-state index contributed by atoms with van der Waals surface area (Å²) in [6, 6.07) is 52.9. The van der Waals surface area contributed by atoms with Crippen LogP contribution in [0.15, 0.2) is 140 Å². The number of hydrogen-bond acceptors (Lipinski definition) is 5. The molecule has 0 saturated heterocycles. The molecule has 0 radical (unpaired) electrons. The Labute approximate surface area is 368 Å². The number of fused-ring (bicyclic) bond motifs is 9. The largest absolute Gasteiger partial charge is 0.371 e. The summed E-state index contributed by atoms with van der Waals surface area (Å²) < 4.78 is 2.88. The minimum absolute atomic E-state index is 0.153. The molecule has 0 amide bonds. The van der Waals surface area contributed by atoms with Crippen molar-refractivity contribution in [3.63, 3.8) is 0 Å². The molecule has 0 atom stereocenters. The van der Waals surface area contributed by atoms with Crippen molar-refractivity contribution in [3.8, 4) is 22.3 Å². The first-order valence-corrected chi connectivity index (χ1v) is 23.9. The molecule has 4 nitrogen and oxygen atoms in total. The summed E-state index contributed by atoms with van der Waals surface area (Å²) in [4.78, 5) is 11.1. The van der Waals surface area contributed by atoms with Gasteiger partial charge in [0.25, 0.3) is 6.71 Å². The first-order chi connectivity index (χ1) is 30.8. The average molecular weight is 819 g/mol. The standard InChI is InChI=1S/C56H47BN4S/c1-3-13-36(14-4-1)38-23-27-41(28-24-38)60-52-44-19-10-32-58-31-9-17-40(50(44)58)35-47(52)57-49-53(60)45-20-11-33-59-34-12-21-46(51(45)59)54(49)61(55-43-18-7-8-22-48(43)62-56(55)57)42-29-25-39(26-30-42)37-15-5-2-6-16-37/h1-8,13-16,18,22-30,35H,9-12,17,19-21,31-34H2. The van der Waals surface area contributed by atoms with Crippen LogP contribution < -0.4 is 35.3 Å². The Morgan fingerprint density at radius 3 is 1.50 bits per heavy atom. The van der Waals surface area contributed by atoms with E-state index >= 15 is 0 Å². The van der Waals surface area contributed by atoms with Gasteiger partial charge in [0.05, 0.1) is 5.69 Å². The fraction of sp³-hybridized carbons (Fsp3) is 0.214. The van der Waals surface area contributed by atoms with E-state index in [0.29, 0.717) is 0 Å². The van der Waals surface area contributed by atoms with Gasteiger partial charge in [-0.05, 0) is 137 Å². The SMILES string of the molecule is c1ccc(-c2ccc(N3c4c(cc5c6c4CCCN6CCC5)B4c5sc6ccccc6c5N(c5ccc(-c6ccccc6)cc5)c5c6c7c(c3c54)CCCN7CCC6)cc2)cc1. The van der Waals surface area contributed by atoms with E-state index < -0.39 is 0 Å². The maximum absolute atomic E-state index is 2.82. The molecule has 0 aliphatic carbocycles. The van der Waals surface area contributed by atoms with Gasteiger partial charge in [-0.15, -0.1) is 11.3 Å². The van der Waals surface area contributed by atoms with Gasteiger partial charge >= 0.3 is 0 Å². The molecule has 14 rings (SSSR count). The van der Waals surface area contributed by atoms with E-state index in [1.54, 1.807) is 27.9 Å². The Kier molecular flexibility index (Phi) is 7.78. The highest BCUT2D eigenvalue weighted by molar-refractivity contribution is 7.33. The molecule has 0 bridgehead atoms. The molecule has 7 aromatic carbocycles. The summed E-state index contributed by atoms with van der Waals surface area (Å²) in [5.74, 6) is 0. The molecule has 6 aliphatic rings. The maximum atomic E-state index is 2.82. The van der Waals surface area contributed by atoms with Crippen LogP contribution in [0.2, 0.25) is 0 Å². The molecule has 8 aromatic rings. The monoisotopic (exact) mass is 818 g/mol. The molecule has 7 heterocycles. The van der Waals surface area contributed by atoms with Crippen LogP contribution in [0.1, 0.15) is 47.9 Å². The Balaban J connectivity index is 1.11. The molecule has 0 N–H and O–H groups in total. The zero-order chi connectivity index (χ0) is 40.5. The summed E-state index contributed by atoms with van der Waals surface area (Å²) in [6.45, 7) is 4.76. The van der Waals surface area contributed by atoms with Crippen LogP contribution in [-0.2, 0) is 25.7 Å². The number of nitrogens with zero attached hydrogens (tertiary/aromatic N) is 4. The fourth-order valence-corrected chi connectivity index (χ4v) is 13.9. The third kappa shape index (κ3) is 5.02. The van der Waals surface area contributed by atoms with Gasteiger partial charge in [0, 0.05) is 80.9 Å². The van der Waals surface area contributed by atoms with Crippen LogP contribution in [0.5, 0.6) is 0 Å². The van der Waals surface area contributed by atoms with Crippen LogP contribution in [0.25, 0.3) is 32.3 Å². The van der Waals surface area contributed by atoms with Crippen molar-refractivity contribution in [1.29, 1.82) is 0 Å². The van der Waals surface area contributed by atoms with Gasteiger partial charge in [0.1, 0.15) is 0 Å². The van der Waals surface area contributed by atoms with Gasteiger partial charge in [0.2, 0.25) is 0 Å². The highest BCUT2D eigenvalue weighted by atomic mass is 32.1. The Bertz CT molecular complexity index is 3100. The number of thiophene rings is 1. The topological polar surface area (TPSA) is 13.0 Å². The number of aryl methyl sites for hydroxylation is 1. The lowest BCUT2D eigenvalue weighted by Crippen LogP contribution is -2.62. The lowest BCUT2D eigenvalue weighted by atomic mass is 9.35. The van der Waals surface area contributed by atoms with Gasteiger partial charge in [-0.25, -0.2) is 0 Å². The van der Waals surface area contributed by atoms with Gasteiger partial charge < -0.3 is 19.6 Å². The van der Waals surface area contributed by atoms with Crippen molar-refractivity contribution >= 4 is 89.3 Å². The van der Waals surface area contributed by atoms with E-state index in [1.807, 2.05) is 11.3 Å². The minimum atomic E-state index is 0.153. The fourth-order valence-electron chi connectivity index (χ4n) is 12.6. The molecular formula is C56H47BN4S. The molecule has 0 saturated carbocycles. The summed E-state index contributed by atoms with van der Waals surface area (Å²) in [5.41, 5.74) is 25.8. The average Bonchev–Trinajstić information content (AvgIpc) is 3.73. The van der Waals surface area contributed by atoms with Gasteiger partial charge in [-0.2, -0.15) is 0 Å². The normalized spacial score (nSPS) is 16.7. The maximum Gasteiger partial charge on any atom is 0.264 e. The molecule has 300 valence electrons. The molecule has 6 aliphatic heterocycles. The quantitative estimate of drug-likeness (QED) is 0.164. The highest BCUT2D eigenvalue weighted by Gasteiger charge is 2.50. The number of rotatable bonds is 4. The Hall–Kier alpha value is -6.24. The van der Waals surface area contributed by atoms with Crippen molar-refractivity contribution in [1.82, 2.24) is 0 Å². The lowest BCUT2D eigenvalue weighted by Gasteiger charge is -2.50. The van der Waals surface area contributed by atoms with Gasteiger partial charge in [-0.3, -0.25) is 0 Å². The molecule has 0 spiro atoms. The summed E-state index contributed by atoms with van der Waals surface area (Å²) in [5, 5.41) is 1.37. The predicted octanol–water partition coefficient (Wildman–Crippen LogP) is 11.7. The minimum Gasteiger partial charge on any atom is -0.371 e. The van der Waals surface area contributed by atoms with Crippen LogP contribution in [0.3, 0.4) is 0 Å². The second-order valence-electron chi connectivity index (χ2n) is 18.3. The molecule has 0 fully saturated rings. The van der Waals surface area contributed by atoms with Crippen LogP contribution in [-0.4, -0.2) is 32.9 Å². The van der Waals surface area contributed by atoms with Crippen molar-refractivity contribution in [2.45, 2.75) is 51.4 Å². The zero-order valence-electron chi connectivity index (χ0n) is 35.0. The van der Waals surface area contributed by atoms with Crippen molar-refractivity contribution in [2.24, 2.45) is 0 Å². The zero-order valence-corrected chi connectivity index (χ0v) is 35.9. The number of anilines is 8. The number of benzene rings is 7. The third-order valence-electron chi connectivity index (χ3n) is 15.0. The molecular weight excluding hydrogens is 772 g/mol. The van der Waals surface area contributed by atoms with Gasteiger partial charge in [-0.1, -0.05) is 109 Å². The Morgan fingerprint density at radius 2 is 0.903 bits per heavy atom. The third-order valence-corrected chi connectivity index (χ3v) is 16.2. The van der Waals surface area contributed by atoms with E-state index in [-0.39, 0.29) is 6.71 Å². The Morgan fingerprint density at radius 1 is 0.419 bits per heavy atom. The van der Waals surface area contributed by atoms with Crippen LogP contribution >= 0.6 is 11.3 Å². The van der Waals surface area contributed by atoms with Crippen molar-refractivity contribution < 1.29 is 0 Å². The summed E-state index contributed by atoms with van der Waals surface area (Å²) >= 11 is 2.05. The highest BCUT2D eigenvalue weighted by Crippen LogP contribution is 2.56. The van der Waals surface area contributed by atoms with Crippen molar-refractivity contribution in [3.05, 3.63) is 162 Å². The lowest BCUT2D eigenvalue weighted by molar-refractivity contribution is 0.633. The first-order valence-electron chi connectivity index (χ1n) is 23.1. The van der Waals surface area contributed by atoms with E-state index in [1.165, 1.54) is 127 Å². The second kappa shape index (κ2) is 13.6. The van der Waals surface area contributed by atoms with E-state index in [4.69, 9.17) is 0 Å². The van der Waals surface area contributed by atoms with Crippen LogP contribution in [0, 0.1) is 0 Å². The second-order valence-corrected chi connectivity index (χ2v) is 19.4. The summed E-state index contributed by atoms with van der Waals surface area (Å²) in [7, 11) is 0. The smallest absolute Gasteiger partial charge is 0.264 e. The number of hydrogen-bond donors (Lipinski definition) is 0. The molecule has 6 heteroatoms.